The number of aromatic nitrogens is 3. The summed E-state index contributed by atoms with van der Waals surface area (Å²) in [5.74, 6) is 0. The van der Waals surface area contributed by atoms with Gasteiger partial charge in [0.15, 0.2) is 5.65 Å². The number of pyridine rings is 1. The van der Waals surface area contributed by atoms with E-state index in [2.05, 4.69) is 35.3 Å². The molecule has 0 aromatic carbocycles. The van der Waals surface area contributed by atoms with Crippen LogP contribution in [0.3, 0.4) is 0 Å². The number of nitrogens with two attached hydrogens (primary N) is 1. The lowest BCUT2D eigenvalue weighted by molar-refractivity contribution is 0.0799. The Morgan fingerprint density at radius 2 is 2.09 bits per heavy atom. The summed E-state index contributed by atoms with van der Waals surface area (Å²) in [5.41, 5.74) is 8.86. The summed E-state index contributed by atoms with van der Waals surface area (Å²) >= 11 is 0. The molecule has 3 rings (SSSR count). The molecule has 2 aromatic heterocycles. The standard InChI is InChI=1S/C11H16N4.C6H13NO/c1-3-10-8(6-12)5-9-7-13-15(4-2)11(9)14-10;1-7-6-2-4-8-5-3-6/h5,7H,3-4,6,12H2,1-2H3;6-7H,2-5H2,1H3. The highest BCUT2D eigenvalue weighted by Crippen LogP contribution is 2.16. The Kier molecular flexibility index (Phi) is 6.95. The molecule has 0 atom stereocenters. The van der Waals surface area contributed by atoms with E-state index in [1.807, 2.05) is 17.9 Å². The highest BCUT2D eigenvalue weighted by molar-refractivity contribution is 5.75. The molecule has 6 heteroatoms. The molecule has 0 unspecified atom stereocenters. The molecule has 23 heavy (non-hydrogen) atoms. The van der Waals surface area contributed by atoms with Crippen molar-refractivity contribution in [1.82, 2.24) is 20.1 Å². The Morgan fingerprint density at radius 3 is 2.61 bits per heavy atom. The highest BCUT2D eigenvalue weighted by atomic mass is 16.5. The molecular formula is C17H29N5O. The zero-order valence-electron chi connectivity index (χ0n) is 14.5. The van der Waals surface area contributed by atoms with Crippen LogP contribution in [0.25, 0.3) is 11.0 Å². The quantitative estimate of drug-likeness (QED) is 0.899. The topological polar surface area (TPSA) is 78.0 Å². The van der Waals surface area contributed by atoms with Crippen LogP contribution in [-0.4, -0.2) is 41.1 Å². The Labute approximate surface area is 138 Å². The molecule has 6 nitrogen and oxygen atoms in total. The van der Waals surface area contributed by atoms with Gasteiger partial charge >= 0.3 is 0 Å². The first-order valence-corrected chi connectivity index (χ1v) is 8.52. The van der Waals surface area contributed by atoms with Gasteiger partial charge in [-0.25, -0.2) is 9.67 Å². The van der Waals surface area contributed by atoms with Crippen molar-refractivity contribution in [3.8, 4) is 0 Å². The van der Waals surface area contributed by atoms with E-state index in [0.717, 1.165) is 48.5 Å². The SMILES string of the molecule is CCc1nc2c(cnn2CC)cc1CN.CNC1CCOCC1. The van der Waals surface area contributed by atoms with Crippen LogP contribution in [0.5, 0.6) is 0 Å². The number of aryl methyl sites for hydroxylation is 2. The summed E-state index contributed by atoms with van der Waals surface area (Å²) in [6.07, 6.45) is 5.12. The predicted molar refractivity (Wildman–Crippen MR) is 93.4 cm³/mol. The maximum Gasteiger partial charge on any atom is 0.157 e. The van der Waals surface area contributed by atoms with Crippen molar-refractivity contribution < 1.29 is 4.74 Å². The number of rotatable bonds is 4. The number of ether oxygens (including phenoxy) is 1. The minimum absolute atomic E-state index is 0.545. The average Bonchev–Trinajstić information content (AvgIpc) is 3.03. The molecule has 1 saturated heterocycles. The van der Waals surface area contributed by atoms with Gasteiger partial charge in [0.25, 0.3) is 0 Å². The Balaban J connectivity index is 0.000000203. The fourth-order valence-electron chi connectivity index (χ4n) is 2.79. The molecule has 0 bridgehead atoms. The molecule has 3 heterocycles. The van der Waals surface area contributed by atoms with Crippen molar-refractivity contribution >= 4 is 11.0 Å². The largest absolute Gasteiger partial charge is 0.381 e. The predicted octanol–water partition coefficient (Wildman–Crippen LogP) is 1.86. The van der Waals surface area contributed by atoms with E-state index in [0.29, 0.717) is 12.6 Å². The lowest BCUT2D eigenvalue weighted by Gasteiger charge is -2.20. The molecule has 0 aliphatic carbocycles. The second-order valence-corrected chi connectivity index (χ2v) is 5.70. The summed E-state index contributed by atoms with van der Waals surface area (Å²) < 4.78 is 7.07. The van der Waals surface area contributed by atoms with E-state index >= 15 is 0 Å². The lowest BCUT2D eigenvalue weighted by Crippen LogP contribution is -2.31. The van der Waals surface area contributed by atoms with Crippen LogP contribution >= 0.6 is 0 Å². The van der Waals surface area contributed by atoms with Crippen molar-refractivity contribution in [2.45, 2.75) is 52.2 Å². The molecule has 0 saturated carbocycles. The fourth-order valence-corrected chi connectivity index (χ4v) is 2.79. The van der Waals surface area contributed by atoms with E-state index in [4.69, 9.17) is 10.5 Å². The lowest BCUT2D eigenvalue weighted by atomic mass is 10.1. The summed E-state index contributed by atoms with van der Waals surface area (Å²) in [7, 11) is 2.01. The zero-order valence-corrected chi connectivity index (χ0v) is 14.5. The number of hydrogen-bond acceptors (Lipinski definition) is 5. The molecule has 0 amide bonds. The zero-order chi connectivity index (χ0) is 16.7. The minimum atomic E-state index is 0.545. The molecule has 1 aliphatic heterocycles. The van der Waals surface area contributed by atoms with E-state index < -0.39 is 0 Å². The van der Waals surface area contributed by atoms with E-state index in [9.17, 15) is 0 Å². The van der Waals surface area contributed by atoms with Gasteiger partial charge in [-0.05, 0) is 44.9 Å². The summed E-state index contributed by atoms with van der Waals surface area (Å²) in [4.78, 5) is 4.62. The van der Waals surface area contributed by atoms with Crippen LogP contribution < -0.4 is 11.1 Å². The maximum atomic E-state index is 5.69. The Hall–Kier alpha value is -1.50. The van der Waals surface area contributed by atoms with Crippen molar-refractivity contribution in [2.24, 2.45) is 5.73 Å². The van der Waals surface area contributed by atoms with Gasteiger partial charge in [0, 0.05) is 43.4 Å². The second-order valence-electron chi connectivity index (χ2n) is 5.70. The van der Waals surface area contributed by atoms with Gasteiger partial charge < -0.3 is 15.8 Å². The molecule has 0 radical (unpaired) electrons. The number of nitrogens with one attached hydrogen (secondary N) is 1. The van der Waals surface area contributed by atoms with Crippen molar-refractivity contribution in [3.05, 3.63) is 23.5 Å². The first kappa shape index (κ1) is 17.8. The number of nitrogens with zero attached hydrogens (tertiary/aromatic N) is 3. The van der Waals surface area contributed by atoms with Crippen LogP contribution in [0.4, 0.5) is 0 Å². The number of hydrogen-bond donors (Lipinski definition) is 2. The molecule has 0 spiro atoms. The van der Waals surface area contributed by atoms with E-state index in [-0.39, 0.29) is 0 Å². The second kappa shape index (κ2) is 8.96. The average molecular weight is 319 g/mol. The molecule has 2 aromatic rings. The smallest absolute Gasteiger partial charge is 0.157 e. The molecule has 1 aliphatic rings. The van der Waals surface area contributed by atoms with E-state index in [1.54, 1.807) is 0 Å². The van der Waals surface area contributed by atoms with Gasteiger partial charge in [0.1, 0.15) is 0 Å². The molecular weight excluding hydrogens is 290 g/mol. The van der Waals surface area contributed by atoms with E-state index in [1.165, 1.54) is 12.8 Å². The first-order valence-electron chi connectivity index (χ1n) is 8.52. The molecule has 3 N–H and O–H groups in total. The third-order valence-electron chi connectivity index (χ3n) is 4.26. The third-order valence-corrected chi connectivity index (χ3v) is 4.26. The number of fused-ring (bicyclic) bond motifs is 1. The van der Waals surface area contributed by atoms with Crippen LogP contribution in [0.15, 0.2) is 12.3 Å². The Bertz CT molecular complexity index is 604. The molecule has 128 valence electrons. The monoisotopic (exact) mass is 319 g/mol. The Morgan fingerprint density at radius 1 is 1.35 bits per heavy atom. The normalized spacial score (nSPS) is 15.5. The minimum Gasteiger partial charge on any atom is -0.381 e. The summed E-state index contributed by atoms with van der Waals surface area (Å²) in [6.45, 7) is 7.43. The first-order chi connectivity index (χ1) is 11.2. The van der Waals surface area contributed by atoms with Crippen LogP contribution in [0, 0.1) is 0 Å². The van der Waals surface area contributed by atoms with Crippen LogP contribution in [0.1, 0.15) is 37.9 Å². The summed E-state index contributed by atoms with van der Waals surface area (Å²) in [6, 6.07) is 2.81. The van der Waals surface area contributed by atoms with Crippen molar-refractivity contribution in [1.29, 1.82) is 0 Å². The van der Waals surface area contributed by atoms with Crippen molar-refractivity contribution in [3.63, 3.8) is 0 Å². The van der Waals surface area contributed by atoms with Crippen LogP contribution in [-0.2, 0) is 24.2 Å². The van der Waals surface area contributed by atoms with Crippen LogP contribution in [0.2, 0.25) is 0 Å². The van der Waals surface area contributed by atoms with Gasteiger partial charge in [-0.1, -0.05) is 6.92 Å². The van der Waals surface area contributed by atoms with Gasteiger partial charge in [0.05, 0.1) is 6.20 Å². The maximum absolute atomic E-state index is 5.69. The van der Waals surface area contributed by atoms with Gasteiger partial charge in [-0.15, -0.1) is 0 Å². The van der Waals surface area contributed by atoms with Crippen molar-refractivity contribution in [2.75, 3.05) is 20.3 Å². The highest BCUT2D eigenvalue weighted by Gasteiger charge is 2.09. The summed E-state index contributed by atoms with van der Waals surface area (Å²) in [5, 5.41) is 8.58. The van der Waals surface area contributed by atoms with Gasteiger partial charge in [0.2, 0.25) is 0 Å². The van der Waals surface area contributed by atoms with Gasteiger partial charge in [-0.2, -0.15) is 5.10 Å². The molecule has 1 fully saturated rings. The third kappa shape index (κ3) is 4.50. The fraction of sp³-hybridized carbons (Fsp3) is 0.647. The van der Waals surface area contributed by atoms with Gasteiger partial charge in [-0.3, -0.25) is 0 Å².